The molecule has 3 rings (SSSR count). The molecule has 0 saturated heterocycles. The van der Waals surface area contributed by atoms with Crippen LogP contribution >= 0.6 is 0 Å². The number of nitro groups is 1. The maximum Gasteiger partial charge on any atom is 0.269 e. The van der Waals surface area contributed by atoms with Crippen LogP contribution in [0.4, 0.5) is 5.69 Å². The van der Waals surface area contributed by atoms with E-state index < -0.39 is 4.92 Å². The molecule has 5 heteroatoms. The van der Waals surface area contributed by atoms with Crippen LogP contribution < -0.4 is 0 Å². The van der Waals surface area contributed by atoms with E-state index in [4.69, 9.17) is 0 Å². The van der Waals surface area contributed by atoms with Crippen LogP contribution in [-0.2, 0) is 0 Å². The summed E-state index contributed by atoms with van der Waals surface area (Å²) in [6, 6.07) is 17.6. The van der Waals surface area contributed by atoms with Crippen molar-refractivity contribution >= 4 is 22.7 Å². The highest BCUT2D eigenvalue weighted by Crippen LogP contribution is 2.36. The van der Waals surface area contributed by atoms with Crippen LogP contribution in [0.25, 0.3) is 10.8 Å². The summed E-state index contributed by atoms with van der Waals surface area (Å²) in [6.45, 7) is 2.08. The van der Waals surface area contributed by atoms with E-state index in [1.807, 2.05) is 30.3 Å². The fourth-order valence-corrected chi connectivity index (χ4v) is 3.06. The molecule has 0 aliphatic carbocycles. The number of phenolic OH excluding ortho intramolecular Hbond substituents is 1. The number of aromatic hydroxyl groups is 1. The van der Waals surface area contributed by atoms with Crippen molar-refractivity contribution in [3.63, 3.8) is 0 Å². The molecule has 0 radical (unpaired) electrons. The maximum atomic E-state index is 10.8. The molecule has 0 aliphatic heterocycles. The molecule has 1 atom stereocenters. The molecule has 1 unspecified atom stereocenters. The molecule has 3 aromatic rings. The quantitative estimate of drug-likeness (QED) is 0.367. The minimum atomic E-state index is -0.422. The van der Waals surface area contributed by atoms with E-state index in [-0.39, 0.29) is 17.5 Å². The number of rotatable bonds is 6. The monoisotopic (exact) mass is 348 g/mol. The number of aliphatic imine (C=N–C) groups is 1. The van der Waals surface area contributed by atoms with Gasteiger partial charge in [0.05, 0.1) is 11.0 Å². The first-order valence-corrected chi connectivity index (χ1v) is 8.58. The molecule has 0 aromatic heterocycles. The van der Waals surface area contributed by atoms with Crippen LogP contribution in [0.2, 0.25) is 0 Å². The Morgan fingerprint density at radius 1 is 1.12 bits per heavy atom. The SMILES string of the molecule is CCCC(N=Cc1ccc([N+](=O)[O-])cc1)c1c(O)ccc2ccccc12. The van der Waals surface area contributed by atoms with E-state index in [0.717, 1.165) is 34.7 Å². The van der Waals surface area contributed by atoms with Crippen LogP contribution in [0.15, 0.2) is 65.7 Å². The molecule has 0 amide bonds. The predicted molar refractivity (Wildman–Crippen MR) is 104 cm³/mol. The summed E-state index contributed by atoms with van der Waals surface area (Å²) in [6.07, 6.45) is 3.43. The Balaban J connectivity index is 1.97. The summed E-state index contributed by atoms with van der Waals surface area (Å²) in [5, 5.41) is 23.3. The second-order valence-corrected chi connectivity index (χ2v) is 6.15. The largest absolute Gasteiger partial charge is 0.508 e. The highest BCUT2D eigenvalue weighted by molar-refractivity contribution is 5.88. The van der Waals surface area contributed by atoms with E-state index in [1.165, 1.54) is 12.1 Å². The van der Waals surface area contributed by atoms with Gasteiger partial charge in [0.15, 0.2) is 0 Å². The average Bonchev–Trinajstić information content (AvgIpc) is 2.66. The second kappa shape index (κ2) is 7.78. The fraction of sp³-hybridized carbons (Fsp3) is 0.190. The van der Waals surface area contributed by atoms with Crippen LogP contribution in [-0.4, -0.2) is 16.2 Å². The van der Waals surface area contributed by atoms with Crippen molar-refractivity contribution in [2.24, 2.45) is 4.99 Å². The van der Waals surface area contributed by atoms with Crippen LogP contribution in [0.3, 0.4) is 0 Å². The first-order valence-electron chi connectivity index (χ1n) is 8.58. The zero-order chi connectivity index (χ0) is 18.5. The van der Waals surface area contributed by atoms with Crippen LogP contribution in [0.1, 0.15) is 36.9 Å². The van der Waals surface area contributed by atoms with E-state index in [1.54, 1.807) is 24.4 Å². The molecule has 132 valence electrons. The number of hydrogen-bond donors (Lipinski definition) is 1. The molecule has 26 heavy (non-hydrogen) atoms. The Labute approximate surface area is 151 Å². The Morgan fingerprint density at radius 2 is 1.85 bits per heavy atom. The normalized spacial score (nSPS) is 12.5. The molecule has 0 saturated carbocycles. The van der Waals surface area contributed by atoms with Gasteiger partial charge in [-0.25, -0.2) is 0 Å². The Hall–Kier alpha value is -3.21. The van der Waals surface area contributed by atoms with Gasteiger partial charge in [-0.15, -0.1) is 0 Å². The van der Waals surface area contributed by atoms with E-state index in [0.29, 0.717) is 0 Å². The average molecular weight is 348 g/mol. The zero-order valence-electron chi connectivity index (χ0n) is 14.5. The van der Waals surface area contributed by atoms with Gasteiger partial charge in [0.1, 0.15) is 5.75 Å². The number of nitro benzene ring substituents is 1. The molecule has 0 spiro atoms. The molecule has 1 N–H and O–H groups in total. The number of benzene rings is 3. The number of fused-ring (bicyclic) bond motifs is 1. The van der Waals surface area contributed by atoms with Gasteiger partial charge in [0.25, 0.3) is 5.69 Å². The lowest BCUT2D eigenvalue weighted by molar-refractivity contribution is -0.384. The summed E-state index contributed by atoms with van der Waals surface area (Å²) < 4.78 is 0. The molecule has 0 heterocycles. The Morgan fingerprint density at radius 3 is 2.54 bits per heavy atom. The lowest BCUT2D eigenvalue weighted by Gasteiger charge is -2.16. The van der Waals surface area contributed by atoms with Gasteiger partial charge in [-0.1, -0.05) is 43.7 Å². The fourth-order valence-electron chi connectivity index (χ4n) is 3.06. The standard InChI is InChI=1S/C21H20N2O3/c1-2-5-19(22-14-15-8-11-17(12-9-15)23(25)26)21-18-7-4-3-6-16(18)10-13-20(21)24/h3-4,6-14,19,24H,2,5H2,1H3. The van der Waals surface area contributed by atoms with Crippen molar-refractivity contribution in [2.45, 2.75) is 25.8 Å². The summed E-state index contributed by atoms with van der Waals surface area (Å²) in [7, 11) is 0. The third-order valence-corrected chi connectivity index (χ3v) is 4.35. The lowest BCUT2D eigenvalue weighted by atomic mass is 9.95. The highest BCUT2D eigenvalue weighted by atomic mass is 16.6. The lowest BCUT2D eigenvalue weighted by Crippen LogP contribution is -1.99. The predicted octanol–water partition coefficient (Wildman–Crippen LogP) is 5.41. The molecule has 0 aliphatic rings. The zero-order valence-corrected chi connectivity index (χ0v) is 14.5. The highest BCUT2D eigenvalue weighted by Gasteiger charge is 2.16. The van der Waals surface area contributed by atoms with Crippen molar-refractivity contribution in [3.05, 3.63) is 81.9 Å². The minimum Gasteiger partial charge on any atom is -0.508 e. The van der Waals surface area contributed by atoms with Gasteiger partial charge in [-0.3, -0.25) is 15.1 Å². The van der Waals surface area contributed by atoms with E-state index >= 15 is 0 Å². The number of phenols is 1. The van der Waals surface area contributed by atoms with Crippen molar-refractivity contribution in [1.29, 1.82) is 0 Å². The van der Waals surface area contributed by atoms with Crippen molar-refractivity contribution < 1.29 is 10.0 Å². The molecule has 0 bridgehead atoms. The third-order valence-electron chi connectivity index (χ3n) is 4.35. The first kappa shape index (κ1) is 17.6. The smallest absolute Gasteiger partial charge is 0.269 e. The molecule has 3 aromatic carbocycles. The third kappa shape index (κ3) is 3.72. The van der Waals surface area contributed by atoms with Crippen LogP contribution in [0.5, 0.6) is 5.75 Å². The van der Waals surface area contributed by atoms with E-state index in [2.05, 4.69) is 11.9 Å². The van der Waals surface area contributed by atoms with E-state index in [9.17, 15) is 15.2 Å². The van der Waals surface area contributed by atoms with Gasteiger partial charge < -0.3 is 5.11 Å². The Bertz CT molecular complexity index is 949. The molecular weight excluding hydrogens is 328 g/mol. The number of hydrogen-bond acceptors (Lipinski definition) is 4. The number of nitrogens with zero attached hydrogens (tertiary/aromatic N) is 2. The topological polar surface area (TPSA) is 75.7 Å². The molecule has 5 nitrogen and oxygen atoms in total. The summed E-state index contributed by atoms with van der Waals surface area (Å²) in [5.74, 6) is 0.239. The first-order chi connectivity index (χ1) is 12.6. The minimum absolute atomic E-state index is 0.0546. The molecule has 0 fully saturated rings. The molecular formula is C21H20N2O3. The van der Waals surface area contributed by atoms with Gasteiger partial charge >= 0.3 is 0 Å². The summed E-state index contributed by atoms with van der Waals surface area (Å²) in [5.41, 5.74) is 1.67. The number of non-ortho nitro benzene ring substituents is 1. The van der Waals surface area contributed by atoms with Crippen molar-refractivity contribution in [2.75, 3.05) is 0 Å². The summed E-state index contributed by atoms with van der Waals surface area (Å²) >= 11 is 0. The van der Waals surface area contributed by atoms with Gasteiger partial charge in [0.2, 0.25) is 0 Å². The summed E-state index contributed by atoms with van der Waals surface area (Å²) in [4.78, 5) is 15.0. The van der Waals surface area contributed by atoms with Crippen LogP contribution in [0, 0.1) is 10.1 Å². The van der Waals surface area contributed by atoms with Gasteiger partial charge in [0, 0.05) is 23.9 Å². The van der Waals surface area contributed by atoms with Gasteiger partial charge in [-0.05, 0) is 41.0 Å². The second-order valence-electron chi connectivity index (χ2n) is 6.15. The van der Waals surface area contributed by atoms with Crippen molar-refractivity contribution in [3.8, 4) is 5.75 Å². The Kier molecular flexibility index (Phi) is 5.27. The van der Waals surface area contributed by atoms with Gasteiger partial charge in [-0.2, -0.15) is 0 Å². The van der Waals surface area contributed by atoms with Crippen molar-refractivity contribution in [1.82, 2.24) is 0 Å². The maximum absolute atomic E-state index is 10.8.